The number of pyridine rings is 1. The van der Waals surface area contributed by atoms with Gasteiger partial charge in [-0.2, -0.15) is 5.10 Å². The first-order valence-electron chi connectivity index (χ1n) is 12.9. The van der Waals surface area contributed by atoms with Crippen molar-refractivity contribution >= 4 is 63.2 Å². The minimum absolute atomic E-state index is 0.160. The zero-order chi connectivity index (χ0) is 29.4. The zero-order valence-corrected chi connectivity index (χ0v) is 23.7. The number of rotatable bonds is 7. The first-order valence-corrected chi connectivity index (χ1v) is 13.6. The van der Waals surface area contributed by atoms with Crippen molar-refractivity contribution in [2.45, 2.75) is 12.5 Å². The number of aromatic nitrogens is 6. The van der Waals surface area contributed by atoms with Crippen LogP contribution in [0.3, 0.4) is 0 Å². The highest BCUT2D eigenvalue weighted by atomic mass is 35.5. The van der Waals surface area contributed by atoms with Crippen LogP contribution in [0.4, 0.5) is 11.4 Å². The fourth-order valence-electron chi connectivity index (χ4n) is 4.94. The Morgan fingerprint density at radius 1 is 1.02 bits per heavy atom. The summed E-state index contributed by atoms with van der Waals surface area (Å²) in [7, 11) is 1.82. The molecule has 0 radical (unpaired) electrons. The number of halogens is 2. The fourth-order valence-corrected chi connectivity index (χ4v) is 5.24. The second-order valence-electron chi connectivity index (χ2n) is 9.77. The monoisotopic (exact) mass is 603 g/mol. The number of anilines is 2. The maximum absolute atomic E-state index is 13.7. The Balaban J connectivity index is 1.29. The average molecular weight is 604 g/mol. The van der Waals surface area contributed by atoms with Gasteiger partial charge in [0.25, 0.3) is 0 Å². The fraction of sp³-hybridized carbons (Fsp3) is 0.179. The highest BCUT2D eigenvalue weighted by Gasteiger charge is 2.39. The van der Waals surface area contributed by atoms with E-state index in [1.54, 1.807) is 53.5 Å². The van der Waals surface area contributed by atoms with Crippen molar-refractivity contribution in [3.63, 3.8) is 0 Å². The van der Waals surface area contributed by atoms with Gasteiger partial charge >= 0.3 is 0 Å². The van der Waals surface area contributed by atoms with E-state index >= 15 is 0 Å². The smallest absolute Gasteiger partial charge is 0.247 e. The normalized spacial score (nSPS) is 14.5. The summed E-state index contributed by atoms with van der Waals surface area (Å²) in [5.74, 6) is -1.24. The molecule has 42 heavy (non-hydrogen) atoms. The summed E-state index contributed by atoms with van der Waals surface area (Å²) in [6.45, 7) is -0.643. The van der Waals surface area contributed by atoms with Gasteiger partial charge in [0.2, 0.25) is 17.7 Å². The van der Waals surface area contributed by atoms with E-state index in [9.17, 15) is 14.4 Å². The predicted molar refractivity (Wildman–Crippen MR) is 157 cm³/mol. The van der Waals surface area contributed by atoms with Crippen LogP contribution in [0.15, 0.2) is 73.3 Å². The summed E-state index contributed by atoms with van der Waals surface area (Å²) in [6.07, 6.45) is 6.74. The van der Waals surface area contributed by atoms with E-state index in [2.05, 4.69) is 25.7 Å². The molecule has 5 aromatic rings. The Hall–Kier alpha value is -4.81. The lowest BCUT2D eigenvalue weighted by Crippen LogP contribution is -2.60. The lowest BCUT2D eigenvalue weighted by atomic mass is 10.0. The van der Waals surface area contributed by atoms with Gasteiger partial charge in [0.1, 0.15) is 19.1 Å². The highest BCUT2D eigenvalue weighted by Crippen LogP contribution is 2.30. The summed E-state index contributed by atoms with van der Waals surface area (Å²) in [5.41, 5.74) is 2.89. The summed E-state index contributed by atoms with van der Waals surface area (Å²) in [6, 6.07) is 12.8. The molecule has 12 nitrogen and oxygen atoms in total. The summed E-state index contributed by atoms with van der Waals surface area (Å²) in [4.78, 5) is 47.8. The molecule has 1 unspecified atom stereocenters. The first-order chi connectivity index (χ1) is 20.2. The molecule has 212 valence electrons. The molecule has 1 aliphatic heterocycles. The van der Waals surface area contributed by atoms with Gasteiger partial charge in [-0.25, -0.2) is 4.68 Å². The SMILES string of the molecule is Cn1cc2cc(NC(=O)C(Cc3cccnc3)N3CC(=O)N(c4cc(Cl)ccc4-n4cc(Cl)nn4)CC3=O)ccc2n1. The molecular weight excluding hydrogens is 581 g/mol. The van der Waals surface area contributed by atoms with Gasteiger partial charge in [-0.1, -0.05) is 34.5 Å². The molecule has 6 rings (SSSR count). The minimum atomic E-state index is -0.981. The van der Waals surface area contributed by atoms with E-state index in [0.717, 1.165) is 16.5 Å². The number of nitrogens with one attached hydrogen (secondary N) is 1. The molecule has 1 fully saturated rings. The highest BCUT2D eigenvalue weighted by molar-refractivity contribution is 6.31. The van der Waals surface area contributed by atoms with Crippen LogP contribution in [0.1, 0.15) is 5.56 Å². The van der Waals surface area contributed by atoms with Crippen molar-refractivity contribution in [2.24, 2.45) is 7.05 Å². The number of benzene rings is 2. The summed E-state index contributed by atoms with van der Waals surface area (Å²) < 4.78 is 3.09. The van der Waals surface area contributed by atoms with Gasteiger partial charge in [0, 0.05) is 48.2 Å². The first kappa shape index (κ1) is 27.4. The lowest BCUT2D eigenvalue weighted by molar-refractivity contribution is -0.143. The number of carbonyl (C=O) groups excluding carboxylic acids is 3. The molecule has 1 saturated heterocycles. The van der Waals surface area contributed by atoms with Crippen molar-refractivity contribution < 1.29 is 14.4 Å². The molecule has 0 spiro atoms. The Morgan fingerprint density at radius 2 is 1.88 bits per heavy atom. The molecule has 14 heteroatoms. The van der Waals surface area contributed by atoms with Crippen molar-refractivity contribution in [1.29, 1.82) is 0 Å². The van der Waals surface area contributed by atoms with Crippen LogP contribution in [-0.2, 0) is 27.9 Å². The second kappa shape index (κ2) is 11.2. The van der Waals surface area contributed by atoms with Crippen molar-refractivity contribution in [1.82, 2.24) is 34.7 Å². The van der Waals surface area contributed by atoms with Gasteiger partial charge in [-0.3, -0.25) is 28.9 Å². The van der Waals surface area contributed by atoms with Gasteiger partial charge < -0.3 is 10.2 Å². The molecule has 0 saturated carbocycles. The molecule has 0 aliphatic carbocycles. The molecule has 1 N–H and O–H groups in total. The van der Waals surface area contributed by atoms with E-state index in [4.69, 9.17) is 23.2 Å². The third-order valence-electron chi connectivity index (χ3n) is 6.88. The molecule has 1 atom stereocenters. The van der Waals surface area contributed by atoms with Crippen LogP contribution in [0, 0.1) is 0 Å². The zero-order valence-electron chi connectivity index (χ0n) is 22.2. The van der Waals surface area contributed by atoms with E-state index < -0.39 is 23.8 Å². The Morgan fingerprint density at radius 3 is 2.64 bits per heavy atom. The summed E-state index contributed by atoms with van der Waals surface area (Å²) >= 11 is 12.2. The Bertz CT molecular complexity index is 1820. The van der Waals surface area contributed by atoms with Crippen LogP contribution < -0.4 is 10.2 Å². The molecule has 3 amide bonds. The van der Waals surface area contributed by atoms with Crippen LogP contribution in [0.2, 0.25) is 10.2 Å². The van der Waals surface area contributed by atoms with Crippen molar-refractivity contribution in [3.05, 3.63) is 89.1 Å². The third-order valence-corrected chi connectivity index (χ3v) is 7.29. The quantitative estimate of drug-likeness (QED) is 0.302. The van der Waals surface area contributed by atoms with Crippen molar-refractivity contribution in [2.75, 3.05) is 23.3 Å². The van der Waals surface area contributed by atoms with Crippen molar-refractivity contribution in [3.8, 4) is 5.69 Å². The second-order valence-corrected chi connectivity index (χ2v) is 10.6. The largest absolute Gasteiger partial charge is 0.324 e. The molecule has 2 aromatic carbocycles. The van der Waals surface area contributed by atoms with Crippen LogP contribution in [0.5, 0.6) is 0 Å². The maximum atomic E-state index is 13.7. The molecular formula is C28H23Cl2N9O3. The van der Waals surface area contributed by atoms with E-state index in [0.29, 0.717) is 22.1 Å². The van der Waals surface area contributed by atoms with Gasteiger partial charge in [-0.05, 0) is 48.0 Å². The standard InChI is InChI=1S/C28H23Cl2N9O3/c1-36-13-18-10-20(5-6-21(18)34-36)32-28(42)24(9-17-3-2-8-31-12-17)38-16-26(40)37(15-27(38)41)23-11-19(29)4-7-22(23)39-14-25(30)33-35-39/h2-8,10-14,24H,9,15-16H2,1H3,(H,32,42). The molecule has 1 aliphatic rings. The van der Waals surface area contributed by atoms with Gasteiger partial charge in [0.05, 0.1) is 23.1 Å². The lowest BCUT2D eigenvalue weighted by Gasteiger charge is -2.38. The number of piperazine rings is 1. The minimum Gasteiger partial charge on any atom is -0.324 e. The van der Waals surface area contributed by atoms with Gasteiger partial charge in [0.15, 0.2) is 5.15 Å². The van der Waals surface area contributed by atoms with E-state index in [1.807, 2.05) is 25.4 Å². The Labute approximate surface area is 249 Å². The third kappa shape index (κ3) is 5.54. The van der Waals surface area contributed by atoms with Crippen LogP contribution >= 0.6 is 23.2 Å². The number of nitrogens with zero attached hydrogens (tertiary/aromatic N) is 8. The van der Waals surface area contributed by atoms with Gasteiger partial charge in [-0.15, -0.1) is 5.10 Å². The average Bonchev–Trinajstić information content (AvgIpc) is 3.57. The number of amides is 3. The number of carbonyl (C=O) groups is 3. The molecule has 0 bridgehead atoms. The predicted octanol–water partition coefficient (Wildman–Crippen LogP) is 3.28. The van der Waals surface area contributed by atoms with E-state index in [-0.39, 0.29) is 24.7 Å². The summed E-state index contributed by atoms with van der Waals surface area (Å²) in [5, 5.41) is 16.4. The molecule has 3 aromatic heterocycles. The maximum Gasteiger partial charge on any atom is 0.247 e. The van der Waals surface area contributed by atoms with E-state index in [1.165, 1.54) is 20.7 Å². The van der Waals surface area contributed by atoms with Crippen LogP contribution in [-0.4, -0.2) is 71.5 Å². The number of fused-ring (bicyclic) bond motifs is 1. The topological polar surface area (TPSA) is 131 Å². The molecule has 4 heterocycles. The van der Waals surface area contributed by atoms with Crippen LogP contribution in [0.25, 0.3) is 16.6 Å². The number of hydrogen-bond acceptors (Lipinski definition) is 7. The Kier molecular flexibility index (Phi) is 7.31. The number of aryl methyl sites for hydroxylation is 1. The number of hydrogen-bond donors (Lipinski definition) is 1.